The molecule has 7 heteroatoms. The van der Waals surface area contributed by atoms with Gasteiger partial charge in [-0.15, -0.1) is 0 Å². The zero-order chi connectivity index (χ0) is 19.6. The molecule has 2 aliphatic rings. The fourth-order valence-corrected chi connectivity index (χ4v) is 4.36. The number of hydrogen-bond donors (Lipinski definition) is 1. The highest BCUT2D eigenvalue weighted by Gasteiger charge is 2.47. The molecule has 0 bridgehead atoms. The van der Waals surface area contributed by atoms with Crippen molar-refractivity contribution >= 4 is 17.5 Å². The molecule has 2 atom stereocenters. The molecule has 0 radical (unpaired) electrons. The number of rotatable bonds is 3. The van der Waals surface area contributed by atoms with Crippen molar-refractivity contribution < 1.29 is 14.6 Å². The molecule has 2 fully saturated rings. The van der Waals surface area contributed by atoms with Gasteiger partial charge in [0.2, 0.25) is 0 Å². The highest BCUT2D eigenvalue weighted by molar-refractivity contribution is 6.30. The van der Waals surface area contributed by atoms with E-state index in [-0.39, 0.29) is 11.9 Å². The van der Waals surface area contributed by atoms with Gasteiger partial charge in [-0.2, -0.15) is 0 Å². The number of piperidine rings is 1. The second kappa shape index (κ2) is 8.17. The van der Waals surface area contributed by atoms with Crippen molar-refractivity contribution in [3.63, 3.8) is 0 Å². The van der Waals surface area contributed by atoms with E-state index in [2.05, 4.69) is 9.88 Å². The lowest BCUT2D eigenvalue weighted by molar-refractivity contribution is -0.112. The quantitative estimate of drug-likeness (QED) is 0.853. The number of pyridine rings is 1. The van der Waals surface area contributed by atoms with Crippen molar-refractivity contribution in [2.45, 2.75) is 18.1 Å². The van der Waals surface area contributed by atoms with Gasteiger partial charge in [-0.1, -0.05) is 41.9 Å². The number of ether oxygens (including phenoxy) is 1. The smallest absolute Gasteiger partial charge is 0.255 e. The van der Waals surface area contributed by atoms with E-state index in [1.807, 2.05) is 30.3 Å². The molecule has 2 saturated heterocycles. The van der Waals surface area contributed by atoms with E-state index in [0.717, 1.165) is 18.7 Å². The molecule has 6 nitrogen and oxygen atoms in total. The van der Waals surface area contributed by atoms with Gasteiger partial charge in [-0.25, -0.2) is 0 Å². The minimum absolute atomic E-state index is 0.108. The summed E-state index contributed by atoms with van der Waals surface area (Å²) >= 11 is 6.01. The lowest BCUT2D eigenvalue weighted by atomic mass is 9.79. The van der Waals surface area contributed by atoms with Gasteiger partial charge < -0.3 is 14.7 Å². The van der Waals surface area contributed by atoms with Gasteiger partial charge in [0.15, 0.2) is 0 Å². The number of hydrogen-bond acceptors (Lipinski definition) is 5. The van der Waals surface area contributed by atoms with E-state index in [1.54, 1.807) is 11.0 Å². The normalized spacial score (nSPS) is 26.2. The highest BCUT2D eigenvalue weighted by Crippen LogP contribution is 2.36. The molecule has 3 heterocycles. The Bertz CT molecular complexity index is 829. The van der Waals surface area contributed by atoms with E-state index in [4.69, 9.17) is 16.3 Å². The van der Waals surface area contributed by atoms with Crippen molar-refractivity contribution in [3.05, 3.63) is 64.9 Å². The van der Waals surface area contributed by atoms with Crippen LogP contribution in [0.25, 0.3) is 0 Å². The second-order valence-corrected chi connectivity index (χ2v) is 7.78. The van der Waals surface area contributed by atoms with Crippen molar-refractivity contribution in [1.29, 1.82) is 0 Å². The summed E-state index contributed by atoms with van der Waals surface area (Å²) in [5.74, 6) is -0.108. The summed E-state index contributed by atoms with van der Waals surface area (Å²) in [5, 5.41) is 12.2. The highest BCUT2D eigenvalue weighted by atomic mass is 35.5. The van der Waals surface area contributed by atoms with Crippen LogP contribution < -0.4 is 0 Å². The largest absolute Gasteiger partial charge is 0.383 e. The molecule has 2 aromatic rings. The Labute approximate surface area is 169 Å². The molecular weight excluding hydrogens is 378 g/mol. The Morgan fingerprint density at radius 3 is 2.64 bits per heavy atom. The summed E-state index contributed by atoms with van der Waals surface area (Å²) in [6, 6.07) is 11.2. The Balaban J connectivity index is 1.62. The minimum Gasteiger partial charge on any atom is -0.383 e. The van der Waals surface area contributed by atoms with E-state index in [0.29, 0.717) is 43.3 Å². The summed E-state index contributed by atoms with van der Waals surface area (Å²) in [6.07, 6.45) is 3.52. The number of morpholine rings is 1. The monoisotopic (exact) mass is 401 g/mol. The van der Waals surface area contributed by atoms with Gasteiger partial charge in [-0.05, 0) is 18.1 Å². The molecule has 0 saturated carbocycles. The molecule has 0 unspecified atom stereocenters. The molecule has 2 aliphatic heterocycles. The van der Waals surface area contributed by atoms with Crippen LogP contribution in [0.4, 0.5) is 0 Å². The summed E-state index contributed by atoms with van der Waals surface area (Å²) in [5.41, 5.74) is 0.350. The first-order valence-electron chi connectivity index (χ1n) is 9.57. The van der Waals surface area contributed by atoms with Crippen molar-refractivity contribution in [2.75, 3.05) is 39.4 Å². The molecule has 28 heavy (non-hydrogen) atoms. The van der Waals surface area contributed by atoms with Crippen LogP contribution in [0, 0.1) is 0 Å². The predicted octanol–water partition coefficient (Wildman–Crippen LogP) is 2.17. The number of aromatic nitrogens is 1. The number of aliphatic hydroxyl groups is 1. The third-order valence-corrected chi connectivity index (χ3v) is 5.91. The number of halogens is 1. The first kappa shape index (κ1) is 19.3. The summed E-state index contributed by atoms with van der Waals surface area (Å²) in [7, 11) is 0. The molecule has 1 aromatic carbocycles. The third-order valence-electron chi connectivity index (χ3n) is 5.71. The molecule has 0 spiro atoms. The summed E-state index contributed by atoms with van der Waals surface area (Å²) < 4.78 is 5.49. The van der Waals surface area contributed by atoms with Crippen LogP contribution in [0.5, 0.6) is 0 Å². The average Bonchev–Trinajstić information content (AvgIpc) is 2.75. The van der Waals surface area contributed by atoms with Crippen LogP contribution in [0.15, 0.2) is 48.8 Å². The Hall–Kier alpha value is -1.99. The lowest BCUT2D eigenvalue weighted by Gasteiger charge is -2.50. The van der Waals surface area contributed by atoms with Gasteiger partial charge in [0.05, 0.1) is 29.8 Å². The van der Waals surface area contributed by atoms with E-state index in [1.165, 1.54) is 12.4 Å². The number of likely N-dealkylation sites (tertiary alicyclic amines) is 1. The molecule has 0 aliphatic carbocycles. The predicted molar refractivity (Wildman–Crippen MR) is 106 cm³/mol. The maximum absolute atomic E-state index is 13.0. The van der Waals surface area contributed by atoms with E-state index in [9.17, 15) is 9.90 Å². The minimum atomic E-state index is -1.01. The zero-order valence-corrected chi connectivity index (χ0v) is 16.4. The van der Waals surface area contributed by atoms with Crippen LogP contribution in [-0.4, -0.2) is 71.2 Å². The fourth-order valence-electron chi connectivity index (χ4n) is 4.19. The Morgan fingerprint density at radius 2 is 1.93 bits per heavy atom. The SMILES string of the molecule is O=C(c1cncc(Cl)c1)N1CC[C@](O)(c2ccccc2)[C@H](N2CCOCC2)C1. The molecule has 1 amide bonds. The standard InChI is InChI=1S/C21H24ClN3O3/c22-18-12-16(13-23-14-18)20(26)25-7-6-21(27,17-4-2-1-3-5-17)19(15-25)24-8-10-28-11-9-24/h1-5,12-14,19,27H,6-11,15H2/t19-,21+/m1/s1. The molecule has 1 N–H and O–H groups in total. The Morgan fingerprint density at radius 1 is 1.18 bits per heavy atom. The van der Waals surface area contributed by atoms with E-state index < -0.39 is 5.60 Å². The van der Waals surface area contributed by atoms with Crippen LogP contribution in [0.1, 0.15) is 22.3 Å². The van der Waals surface area contributed by atoms with Crippen LogP contribution in [0.2, 0.25) is 5.02 Å². The number of carbonyl (C=O) groups is 1. The maximum Gasteiger partial charge on any atom is 0.255 e. The second-order valence-electron chi connectivity index (χ2n) is 7.35. The van der Waals surface area contributed by atoms with Gasteiger partial charge in [-0.3, -0.25) is 14.7 Å². The fraction of sp³-hybridized carbons (Fsp3) is 0.429. The third kappa shape index (κ3) is 3.78. The molecule has 4 rings (SSSR count). The molecule has 148 valence electrons. The number of amides is 1. The van der Waals surface area contributed by atoms with Crippen molar-refractivity contribution in [2.24, 2.45) is 0 Å². The van der Waals surface area contributed by atoms with Crippen LogP contribution >= 0.6 is 11.6 Å². The number of nitrogens with zero attached hydrogens (tertiary/aromatic N) is 3. The van der Waals surface area contributed by atoms with Gasteiger partial charge >= 0.3 is 0 Å². The number of carbonyl (C=O) groups excluding carboxylic acids is 1. The van der Waals surface area contributed by atoms with Gasteiger partial charge in [0, 0.05) is 38.6 Å². The topological polar surface area (TPSA) is 65.9 Å². The zero-order valence-electron chi connectivity index (χ0n) is 15.6. The molecular formula is C21H24ClN3O3. The first-order chi connectivity index (χ1) is 13.6. The van der Waals surface area contributed by atoms with Gasteiger partial charge in [0.25, 0.3) is 5.91 Å². The summed E-state index contributed by atoms with van der Waals surface area (Å²) in [6.45, 7) is 3.65. The first-order valence-corrected chi connectivity index (χ1v) is 9.95. The number of benzene rings is 1. The summed E-state index contributed by atoms with van der Waals surface area (Å²) in [4.78, 5) is 21.1. The lowest BCUT2D eigenvalue weighted by Crippen LogP contribution is -2.63. The van der Waals surface area contributed by atoms with Gasteiger partial charge in [0.1, 0.15) is 5.60 Å². The van der Waals surface area contributed by atoms with Crippen molar-refractivity contribution in [3.8, 4) is 0 Å². The van der Waals surface area contributed by atoms with E-state index >= 15 is 0 Å². The Kier molecular flexibility index (Phi) is 5.64. The maximum atomic E-state index is 13.0. The molecule has 1 aromatic heterocycles. The van der Waals surface area contributed by atoms with Crippen molar-refractivity contribution in [1.82, 2.24) is 14.8 Å². The average molecular weight is 402 g/mol. The van der Waals surface area contributed by atoms with Crippen LogP contribution in [0.3, 0.4) is 0 Å². The van der Waals surface area contributed by atoms with Crippen LogP contribution in [-0.2, 0) is 10.3 Å².